The summed E-state index contributed by atoms with van der Waals surface area (Å²) in [4.78, 5) is 26.4. The third kappa shape index (κ3) is 7.21. The highest BCUT2D eigenvalue weighted by Gasteiger charge is 2.45. The average molecular weight is 582 g/mol. The molecular weight excluding hydrogens is 546 g/mol. The zero-order chi connectivity index (χ0) is 29.6. The summed E-state index contributed by atoms with van der Waals surface area (Å²) in [6.45, 7) is 11.1. The van der Waals surface area contributed by atoms with Gasteiger partial charge in [0.2, 0.25) is 0 Å². The number of nitrogen functional groups attached to an aromatic ring is 1. The maximum Gasteiger partial charge on any atom is 0.362 e. The minimum absolute atomic E-state index is 0.105. The largest absolute Gasteiger partial charge is 0.507 e. The van der Waals surface area contributed by atoms with Crippen molar-refractivity contribution < 1.29 is 37.5 Å². The number of amides is 1. The lowest BCUT2D eigenvalue weighted by Crippen LogP contribution is -2.37. The van der Waals surface area contributed by atoms with Gasteiger partial charge in [-0.25, -0.2) is 19.7 Å². The fourth-order valence-electron chi connectivity index (χ4n) is 4.01. The second-order valence-electron chi connectivity index (χ2n) is 8.94. The lowest BCUT2D eigenvalue weighted by molar-refractivity contribution is -0.0468. The van der Waals surface area contributed by atoms with Crippen LogP contribution in [0.25, 0.3) is 11.2 Å². The molecular formula is C24H35N7O8S. The second-order valence-corrected chi connectivity index (χ2v) is 10.3. The number of aliphatic hydroxyl groups is 2. The van der Waals surface area contributed by atoms with Gasteiger partial charge in [0.1, 0.15) is 35.9 Å². The number of aromatic hydroxyl groups is 1. The van der Waals surface area contributed by atoms with Gasteiger partial charge < -0.3 is 30.7 Å². The number of hydrogen-bond donors (Lipinski definition) is 5. The van der Waals surface area contributed by atoms with E-state index < -0.39 is 53.1 Å². The van der Waals surface area contributed by atoms with Crippen LogP contribution < -0.4 is 10.5 Å². The van der Waals surface area contributed by atoms with Gasteiger partial charge in [0.15, 0.2) is 17.7 Å². The number of carbonyl (C=O) groups is 1. The van der Waals surface area contributed by atoms with Crippen LogP contribution in [0, 0.1) is 6.92 Å². The Morgan fingerprint density at radius 3 is 2.42 bits per heavy atom. The van der Waals surface area contributed by atoms with Gasteiger partial charge in [-0.2, -0.15) is 8.42 Å². The second kappa shape index (κ2) is 13.3. The first-order valence-electron chi connectivity index (χ1n) is 12.6. The Morgan fingerprint density at radius 1 is 1.15 bits per heavy atom. The Kier molecular flexibility index (Phi) is 10.3. The summed E-state index contributed by atoms with van der Waals surface area (Å²) >= 11 is 0. The molecule has 1 amide bonds. The number of ether oxygens (including phenoxy) is 1. The van der Waals surface area contributed by atoms with Gasteiger partial charge in [0, 0.05) is 0 Å². The maximum atomic E-state index is 12.2. The van der Waals surface area contributed by atoms with Crippen molar-refractivity contribution in [2.45, 2.75) is 52.2 Å². The third-order valence-electron chi connectivity index (χ3n) is 6.34. The first-order valence-corrected chi connectivity index (χ1v) is 14.0. The average Bonchev–Trinajstić information content (AvgIpc) is 3.45. The fourth-order valence-corrected chi connectivity index (χ4v) is 4.72. The van der Waals surface area contributed by atoms with Gasteiger partial charge in [0.25, 0.3) is 5.91 Å². The SMILES string of the molecule is CCN(CC)CC.Cc1ccc(C(=O)NS(=O)(=O)OC[C@H]2O[C@@H](n3cnc4c(N)ncnc43)[C@H](O)[C@@H]2O)c(O)c1. The molecule has 3 aromatic rings. The van der Waals surface area contributed by atoms with Crippen LogP contribution in [-0.4, -0.2) is 98.6 Å². The molecule has 0 bridgehead atoms. The number of benzene rings is 1. The molecule has 0 radical (unpaired) electrons. The van der Waals surface area contributed by atoms with E-state index in [1.54, 1.807) is 11.6 Å². The maximum absolute atomic E-state index is 12.2. The first-order chi connectivity index (χ1) is 18.9. The number of nitrogens with one attached hydrogen (secondary N) is 1. The Morgan fingerprint density at radius 2 is 1.82 bits per heavy atom. The summed E-state index contributed by atoms with van der Waals surface area (Å²) in [6, 6.07) is 4.07. The van der Waals surface area contributed by atoms with Gasteiger partial charge in [-0.15, -0.1) is 0 Å². The van der Waals surface area contributed by atoms with Crippen molar-refractivity contribution >= 4 is 33.2 Å². The number of nitrogens with two attached hydrogens (primary N) is 1. The first kappa shape index (κ1) is 31.1. The molecule has 1 aromatic carbocycles. The Hall–Kier alpha value is -3.41. The summed E-state index contributed by atoms with van der Waals surface area (Å²) in [5, 5.41) is 30.6. The number of phenols is 1. The zero-order valence-electron chi connectivity index (χ0n) is 22.6. The Labute approximate surface area is 231 Å². The molecule has 4 rings (SSSR count). The van der Waals surface area contributed by atoms with E-state index in [1.165, 1.54) is 55.1 Å². The molecule has 2 aromatic heterocycles. The van der Waals surface area contributed by atoms with Crippen LogP contribution >= 0.6 is 0 Å². The third-order valence-corrected chi connectivity index (χ3v) is 7.22. The number of aliphatic hydroxyl groups excluding tert-OH is 2. The van der Waals surface area contributed by atoms with Crippen molar-refractivity contribution in [2.75, 3.05) is 32.0 Å². The molecule has 4 atom stereocenters. The highest BCUT2D eigenvalue weighted by Crippen LogP contribution is 2.32. The van der Waals surface area contributed by atoms with E-state index >= 15 is 0 Å². The molecule has 16 heteroatoms. The summed E-state index contributed by atoms with van der Waals surface area (Å²) < 4.78 is 37.7. The van der Waals surface area contributed by atoms with Gasteiger partial charge in [-0.1, -0.05) is 26.8 Å². The lowest BCUT2D eigenvalue weighted by Gasteiger charge is -2.16. The summed E-state index contributed by atoms with van der Waals surface area (Å²) in [5.41, 5.74) is 6.63. The number of carbonyl (C=O) groups excluding carboxylic acids is 1. The highest BCUT2D eigenvalue weighted by molar-refractivity contribution is 7.85. The number of phenolic OH excluding ortho intramolecular Hbond substituents is 1. The van der Waals surface area contributed by atoms with E-state index in [0.717, 1.165) is 0 Å². The number of nitrogens with zero attached hydrogens (tertiary/aromatic N) is 5. The predicted molar refractivity (Wildman–Crippen MR) is 144 cm³/mol. The van der Waals surface area contributed by atoms with E-state index in [-0.39, 0.29) is 22.5 Å². The minimum atomic E-state index is -4.64. The Bertz CT molecular complexity index is 1410. The molecule has 15 nitrogen and oxygen atoms in total. The van der Waals surface area contributed by atoms with Crippen LogP contribution in [-0.2, 0) is 19.2 Å². The standard InChI is InChI=1S/C18H20N6O8S.C6H15N/c1-8-2-3-9(10(25)4-8)17(28)23-33(29,30)31-5-11-13(26)14(27)18(32-11)24-7-22-12-15(19)20-6-21-16(12)24;1-4-7(5-2)6-3/h2-4,6-7,11,13-14,18,25-27H,5H2,1H3,(H,23,28)(H2,19,20,21);4-6H2,1-3H3/t11-,13-,14-,18-;/m1./s1. The summed E-state index contributed by atoms with van der Waals surface area (Å²) in [5.74, 6) is -1.41. The molecule has 1 aliphatic heterocycles. The number of hydrogen-bond acceptors (Lipinski definition) is 13. The lowest BCUT2D eigenvalue weighted by atomic mass is 10.1. The molecule has 1 saturated heterocycles. The van der Waals surface area contributed by atoms with E-state index in [2.05, 4.69) is 40.6 Å². The normalized spacial score (nSPS) is 20.9. The molecule has 0 aliphatic carbocycles. The van der Waals surface area contributed by atoms with E-state index in [1.807, 2.05) is 0 Å². The van der Waals surface area contributed by atoms with Crippen molar-refractivity contribution in [1.29, 1.82) is 0 Å². The van der Waals surface area contributed by atoms with Gasteiger partial charge in [-0.3, -0.25) is 13.5 Å². The molecule has 0 unspecified atom stereocenters. The zero-order valence-corrected chi connectivity index (χ0v) is 23.4. The smallest absolute Gasteiger partial charge is 0.362 e. The number of anilines is 1. The topological polar surface area (TPSA) is 215 Å². The van der Waals surface area contributed by atoms with E-state index in [4.69, 9.17) is 14.7 Å². The highest BCUT2D eigenvalue weighted by atomic mass is 32.2. The molecule has 3 heterocycles. The van der Waals surface area contributed by atoms with Gasteiger partial charge in [0.05, 0.1) is 18.5 Å². The summed E-state index contributed by atoms with van der Waals surface area (Å²) in [7, 11) is -4.64. The minimum Gasteiger partial charge on any atom is -0.507 e. The van der Waals surface area contributed by atoms with Crippen LogP contribution in [0.2, 0.25) is 0 Å². The predicted octanol–water partition coefficient (Wildman–Crippen LogP) is 0.0812. The van der Waals surface area contributed by atoms with Crippen molar-refractivity contribution in [1.82, 2.24) is 29.1 Å². The van der Waals surface area contributed by atoms with E-state index in [9.17, 15) is 28.5 Å². The van der Waals surface area contributed by atoms with Crippen LogP contribution in [0.5, 0.6) is 5.75 Å². The molecule has 40 heavy (non-hydrogen) atoms. The fraction of sp³-hybridized carbons (Fsp3) is 0.500. The van der Waals surface area contributed by atoms with Crippen LogP contribution in [0.4, 0.5) is 5.82 Å². The summed E-state index contributed by atoms with van der Waals surface area (Å²) in [6.07, 6.45) is -2.98. The molecule has 1 aliphatic rings. The quantitative estimate of drug-likeness (QED) is 0.227. The van der Waals surface area contributed by atoms with Crippen LogP contribution in [0.15, 0.2) is 30.9 Å². The molecule has 6 N–H and O–H groups in total. The number of rotatable bonds is 9. The van der Waals surface area contributed by atoms with Gasteiger partial charge >= 0.3 is 10.3 Å². The van der Waals surface area contributed by atoms with Crippen molar-refractivity contribution in [3.05, 3.63) is 42.0 Å². The monoisotopic (exact) mass is 581 g/mol. The molecule has 0 spiro atoms. The number of fused-ring (bicyclic) bond motifs is 1. The Balaban J connectivity index is 0.000000559. The number of imidazole rings is 1. The van der Waals surface area contributed by atoms with Gasteiger partial charge in [-0.05, 0) is 44.3 Å². The van der Waals surface area contributed by atoms with E-state index in [0.29, 0.717) is 5.56 Å². The molecule has 1 fully saturated rings. The van der Waals surface area contributed by atoms with Crippen LogP contribution in [0.3, 0.4) is 0 Å². The van der Waals surface area contributed by atoms with Crippen molar-refractivity contribution in [2.24, 2.45) is 0 Å². The number of aromatic nitrogens is 4. The number of aryl methyl sites for hydroxylation is 1. The van der Waals surface area contributed by atoms with Crippen molar-refractivity contribution in [3.63, 3.8) is 0 Å². The molecule has 220 valence electrons. The van der Waals surface area contributed by atoms with Crippen LogP contribution in [0.1, 0.15) is 42.9 Å². The molecule has 0 saturated carbocycles. The van der Waals surface area contributed by atoms with Crippen molar-refractivity contribution in [3.8, 4) is 5.75 Å².